The summed E-state index contributed by atoms with van der Waals surface area (Å²) in [5, 5.41) is 0. The van der Waals surface area contributed by atoms with E-state index < -0.39 is 0 Å². The first-order valence-corrected chi connectivity index (χ1v) is 10.2. The summed E-state index contributed by atoms with van der Waals surface area (Å²) in [6, 6.07) is 8.49. The van der Waals surface area contributed by atoms with Crippen molar-refractivity contribution in [1.82, 2.24) is 9.97 Å². The Labute approximate surface area is 142 Å². The molecule has 2 nitrogen and oxygen atoms in total. The Bertz CT molecular complexity index is 487. The number of rotatable bonds is 9. The second kappa shape index (κ2) is 9.90. The van der Waals surface area contributed by atoms with Crippen LogP contribution in [0.5, 0.6) is 0 Å². The Balaban J connectivity index is 1.93. The SMILES string of the molecule is CCCSCc1ccc(-c2ccc(CSCCC)cn2)nc1. The Morgan fingerprint density at radius 2 is 1.18 bits per heavy atom. The third kappa shape index (κ3) is 5.65. The zero-order valence-electron chi connectivity index (χ0n) is 13.4. The summed E-state index contributed by atoms with van der Waals surface area (Å²) >= 11 is 3.92. The van der Waals surface area contributed by atoms with Gasteiger partial charge in [0.2, 0.25) is 0 Å². The van der Waals surface area contributed by atoms with Gasteiger partial charge in [-0.05, 0) is 47.6 Å². The average molecular weight is 333 g/mol. The van der Waals surface area contributed by atoms with Crippen molar-refractivity contribution in [2.45, 2.75) is 38.2 Å². The number of pyridine rings is 2. The van der Waals surface area contributed by atoms with Crippen LogP contribution in [0.15, 0.2) is 36.7 Å². The molecule has 0 unspecified atom stereocenters. The number of aromatic nitrogens is 2. The van der Waals surface area contributed by atoms with Crippen LogP contribution in [0.1, 0.15) is 37.8 Å². The van der Waals surface area contributed by atoms with E-state index in [1.807, 2.05) is 35.9 Å². The van der Waals surface area contributed by atoms with Gasteiger partial charge in [-0.1, -0.05) is 26.0 Å². The highest BCUT2D eigenvalue weighted by Gasteiger charge is 2.02. The molecular weight excluding hydrogens is 308 g/mol. The molecule has 0 saturated carbocycles. The summed E-state index contributed by atoms with van der Waals surface area (Å²) in [5.74, 6) is 4.51. The highest BCUT2D eigenvalue weighted by atomic mass is 32.2. The lowest BCUT2D eigenvalue weighted by Gasteiger charge is -2.05. The average Bonchev–Trinajstić information content (AvgIpc) is 2.57. The lowest BCUT2D eigenvalue weighted by Crippen LogP contribution is -1.91. The summed E-state index contributed by atoms with van der Waals surface area (Å²) < 4.78 is 0. The van der Waals surface area contributed by atoms with Gasteiger partial charge in [0.25, 0.3) is 0 Å². The summed E-state index contributed by atoms with van der Waals surface area (Å²) in [6.07, 6.45) is 6.40. The van der Waals surface area contributed by atoms with E-state index in [1.165, 1.54) is 35.5 Å². The van der Waals surface area contributed by atoms with E-state index in [0.717, 1.165) is 22.9 Å². The summed E-state index contributed by atoms with van der Waals surface area (Å²) in [7, 11) is 0. The number of hydrogen-bond acceptors (Lipinski definition) is 4. The molecule has 4 heteroatoms. The van der Waals surface area contributed by atoms with Crippen molar-refractivity contribution in [3.05, 3.63) is 47.8 Å². The maximum Gasteiger partial charge on any atom is 0.0886 e. The van der Waals surface area contributed by atoms with E-state index in [-0.39, 0.29) is 0 Å². The molecular formula is C18H24N2S2. The Morgan fingerprint density at radius 1 is 0.727 bits per heavy atom. The van der Waals surface area contributed by atoms with Crippen molar-refractivity contribution in [1.29, 1.82) is 0 Å². The van der Waals surface area contributed by atoms with E-state index in [1.54, 1.807) is 0 Å². The van der Waals surface area contributed by atoms with Crippen molar-refractivity contribution >= 4 is 23.5 Å². The molecule has 0 saturated heterocycles. The monoisotopic (exact) mass is 332 g/mol. The molecule has 0 aliphatic carbocycles. The van der Waals surface area contributed by atoms with Crippen LogP contribution in [-0.2, 0) is 11.5 Å². The number of hydrogen-bond donors (Lipinski definition) is 0. The number of thioether (sulfide) groups is 2. The predicted molar refractivity (Wildman–Crippen MR) is 100 cm³/mol. The minimum atomic E-state index is 0.956. The highest BCUT2D eigenvalue weighted by Crippen LogP contribution is 2.19. The zero-order chi connectivity index (χ0) is 15.6. The molecule has 0 bridgehead atoms. The van der Waals surface area contributed by atoms with Crippen LogP contribution in [0, 0.1) is 0 Å². The molecule has 0 aromatic carbocycles. The Kier molecular flexibility index (Phi) is 7.81. The maximum absolute atomic E-state index is 4.55. The standard InChI is InChI=1S/C18H24N2S2/c1-3-9-21-13-15-5-7-17(19-11-15)18-8-6-16(12-20-18)14-22-10-4-2/h5-8,11-12H,3-4,9-10,13-14H2,1-2H3. The van der Waals surface area contributed by atoms with Crippen LogP contribution < -0.4 is 0 Å². The Morgan fingerprint density at radius 3 is 1.50 bits per heavy atom. The van der Waals surface area contributed by atoms with Gasteiger partial charge in [0.15, 0.2) is 0 Å². The largest absolute Gasteiger partial charge is 0.254 e. The van der Waals surface area contributed by atoms with Gasteiger partial charge in [-0.15, -0.1) is 0 Å². The summed E-state index contributed by atoms with van der Waals surface area (Å²) in [5.41, 5.74) is 4.48. The molecule has 0 spiro atoms. The second-order valence-corrected chi connectivity index (χ2v) is 7.42. The molecule has 0 radical (unpaired) electrons. The minimum Gasteiger partial charge on any atom is -0.254 e. The minimum absolute atomic E-state index is 0.956. The molecule has 0 amide bonds. The highest BCUT2D eigenvalue weighted by molar-refractivity contribution is 7.98. The van der Waals surface area contributed by atoms with Gasteiger partial charge in [-0.2, -0.15) is 23.5 Å². The van der Waals surface area contributed by atoms with Gasteiger partial charge in [0.05, 0.1) is 11.4 Å². The van der Waals surface area contributed by atoms with Gasteiger partial charge in [0.1, 0.15) is 0 Å². The van der Waals surface area contributed by atoms with Crippen LogP contribution in [-0.4, -0.2) is 21.5 Å². The maximum atomic E-state index is 4.55. The lowest BCUT2D eigenvalue weighted by atomic mass is 10.2. The van der Waals surface area contributed by atoms with E-state index in [9.17, 15) is 0 Å². The first-order valence-electron chi connectivity index (χ1n) is 7.89. The van der Waals surface area contributed by atoms with Crippen LogP contribution in [0.3, 0.4) is 0 Å². The van der Waals surface area contributed by atoms with Crippen LogP contribution >= 0.6 is 23.5 Å². The molecule has 0 fully saturated rings. The molecule has 0 aliphatic rings. The van der Waals surface area contributed by atoms with Crippen molar-refractivity contribution < 1.29 is 0 Å². The fourth-order valence-electron chi connectivity index (χ4n) is 1.99. The van der Waals surface area contributed by atoms with Gasteiger partial charge >= 0.3 is 0 Å². The number of nitrogens with zero attached hydrogens (tertiary/aromatic N) is 2. The van der Waals surface area contributed by atoms with E-state index >= 15 is 0 Å². The first-order chi connectivity index (χ1) is 10.8. The molecule has 2 aromatic rings. The third-order valence-electron chi connectivity index (χ3n) is 3.15. The normalized spacial score (nSPS) is 10.8. The van der Waals surface area contributed by atoms with Crippen molar-refractivity contribution in [3.63, 3.8) is 0 Å². The van der Waals surface area contributed by atoms with E-state index in [0.29, 0.717) is 0 Å². The summed E-state index contributed by atoms with van der Waals surface area (Å²) in [6.45, 7) is 4.43. The van der Waals surface area contributed by atoms with Gasteiger partial charge in [-0.25, -0.2) is 0 Å². The molecule has 22 heavy (non-hydrogen) atoms. The molecule has 0 aliphatic heterocycles. The van der Waals surface area contributed by atoms with E-state index in [2.05, 4.69) is 48.1 Å². The van der Waals surface area contributed by atoms with E-state index in [4.69, 9.17) is 0 Å². The van der Waals surface area contributed by atoms with Crippen molar-refractivity contribution in [2.24, 2.45) is 0 Å². The molecule has 2 aromatic heterocycles. The molecule has 2 heterocycles. The van der Waals surface area contributed by atoms with Gasteiger partial charge < -0.3 is 0 Å². The van der Waals surface area contributed by atoms with Crippen LogP contribution in [0.4, 0.5) is 0 Å². The topological polar surface area (TPSA) is 25.8 Å². The van der Waals surface area contributed by atoms with Gasteiger partial charge in [0, 0.05) is 23.9 Å². The smallest absolute Gasteiger partial charge is 0.0886 e. The first kappa shape index (κ1) is 17.4. The fraction of sp³-hybridized carbons (Fsp3) is 0.444. The zero-order valence-corrected chi connectivity index (χ0v) is 15.1. The van der Waals surface area contributed by atoms with Crippen LogP contribution in [0.25, 0.3) is 11.4 Å². The molecule has 2 rings (SSSR count). The second-order valence-electron chi connectivity index (χ2n) is 5.21. The molecule has 118 valence electrons. The Hall–Kier alpha value is -1.00. The quantitative estimate of drug-likeness (QED) is 0.572. The molecule has 0 N–H and O–H groups in total. The third-order valence-corrected chi connectivity index (χ3v) is 5.62. The molecule has 0 atom stereocenters. The summed E-state index contributed by atoms with van der Waals surface area (Å²) in [4.78, 5) is 9.10. The van der Waals surface area contributed by atoms with Crippen molar-refractivity contribution in [2.75, 3.05) is 11.5 Å². The lowest BCUT2D eigenvalue weighted by molar-refractivity contribution is 1.10. The van der Waals surface area contributed by atoms with Gasteiger partial charge in [-0.3, -0.25) is 9.97 Å². The van der Waals surface area contributed by atoms with Crippen molar-refractivity contribution in [3.8, 4) is 11.4 Å². The predicted octanol–water partition coefficient (Wildman–Crippen LogP) is 5.43. The van der Waals surface area contributed by atoms with Crippen LogP contribution in [0.2, 0.25) is 0 Å². The fourth-order valence-corrected chi connectivity index (χ4v) is 3.67.